The van der Waals surface area contributed by atoms with Gasteiger partial charge in [-0.15, -0.1) is 0 Å². The van der Waals surface area contributed by atoms with Crippen molar-refractivity contribution in [2.75, 3.05) is 13.1 Å². The Morgan fingerprint density at radius 1 is 1.29 bits per heavy atom. The van der Waals surface area contributed by atoms with E-state index in [1.54, 1.807) is 0 Å². The van der Waals surface area contributed by atoms with Crippen LogP contribution in [0.4, 0.5) is 0 Å². The Hall–Kier alpha value is -0.610. The summed E-state index contributed by atoms with van der Waals surface area (Å²) in [7, 11) is 0. The molecule has 0 spiro atoms. The number of hydrogen-bond donors (Lipinski definition) is 2. The molecule has 2 rings (SSSR count). The zero-order valence-electron chi connectivity index (χ0n) is 14.0. The first-order chi connectivity index (χ1) is 10.1. The fourth-order valence-electron chi connectivity index (χ4n) is 3.95. The van der Waals surface area contributed by atoms with E-state index in [4.69, 9.17) is 0 Å². The van der Waals surface area contributed by atoms with E-state index in [-0.39, 0.29) is 18.0 Å². The van der Waals surface area contributed by atoms with Gasteiger partial charge in [0, 0.05) is 18.1 Å². The number of amides is 1. The second-order valence-corrected chi connectivity index (χ2v) is 6.88. The Bertz CT molecular complexity index is 328. The Morgan fingerprint density at radius 3 is 2.76 bits per heavy atom. The van der Waals surface area contributed by atoms with Crippen LogP contribution < -0.4 is 10.6 Å². The molecule has 0 aliphatic carbocycles. The summed E-state index contributed by atoms with van der Waals surface area (Å²) in [6, 6.07) is 1.42. The van der Waals surface area contributed by atoms with Crippen LogP contribution in [0.2, 0.25) is 0 Å². The van der Waals surface area contributed by atoms with Crippen LogP contribution in [0.25, 0.3) is 0 Å². The molecular formula is C17H33N3O. The average Bonchev–Trinajstić information content (AvgIpc) is 3.00. The third-order valence-corrected chi connectivity index (χ3v) is 5.14. The van der Waals surface area contributed by atoms with Crippen molar-refractivity contribution in [1.82, 2.24) is 15.5 Å². The van der Waals surface area contributed by atoms with Gasteiger partial charge in [-0.2, -0.15) is 0 Å². The molecule has 2 N–H and O–H groups in total. The zero-order chi connectivity index (χ0) is 15.2. The van der Waals surface area contributed by atoms with E-state index in [0.717, 1.165) is 25.9 Å². The van der Waals surface area contributed by atoms with Crippen LogP contribution in [-0.4, -0.2) is 48.1 Å². The van der Waals surface area contributed by atoms with Crippen molar-refractivity contribution in [2.45, 2.75) is 89.9 Å². The topological polar surface area (TPSA) is 44.4 Å². The largest absolute Gasteiger partial charge is 0.352 e. The van der Waals surface area contributed by atoms with Crippen LogP contribution in [-0.2, 0) is 4.79 Å². The molecule has 0 aromatic carbocycles. The fourth-order valence-corrected chi connectivity index (χ4v) is 3.95. The van der Waals surface area contributed by atoms with Crippen LogP contribution in [0.3, 0.4) is 0 Å². The molecule has 4 nitrogen and oxygen atoms in total. The minimum absolute atomic E-state index is 0.00277. The highest BCUT2D eigenvalue weighted by Gasteiger charge is 2.36. The molecule has 0 saturated carbocycles. The van der Waals surface area contributed by atoms with Crippen LogP contribution in [0.5, 0.6) is 0 Å². The lowest BCUT2D eigenvalue weighted by molar-refractivity contribution is -0.128. The number of nitrogens with one attached hydrogen (secondary N) is 2. The minimum Gasteiger partial charge on any atom is -0.352 e. The molecule has 2 fully saturated rings. The number of nitrogens with zero attached hydrogens (tertiary/aromatic N) is 1. The summed E-state index contributed by atoms with van der Waals surface area (Å²) < 4.78 is 0. The van der Waals surface area contributed by atoms with E-state index in [0.29, 0.717) is 12.1 Å². The van der Waals surface area contributed by atoms with Crippen molar-refractivity contribution in [3.05, 3.63) is 0 Å². The van der Waals surface area contributed by atoms with E-state index < -0.39 is 0 Å². The van der Waals surface area contributed by atoms with Crippen molar-refractivity contribution >= 4 is 5.91 Å². The second kappa shape index (κ2) is 8.14. The molecule has 122 valence electrons. The lowest BCUT2D eigenvalue weighted by Crippen LogP contribution is -2.57. The van der Waals surface area contributed by atoms with Crippen molar-refractivity contribution in [3.63, 3.8) is 0 Å². The van der Waals surface area contributed by atoms with Crippen LogP contribution in [0.15, 0.2) is 0 Å². The quantitative estimate of drug-likeness (QED) is 0.790. The molecule has 0 aromatic rings. The predicted octanol–water partition coefficient (Wildman–Crippen LogP) is 2.29. The van der Waals surface area contributed by atoms with Gasteiger partial charge in [0.15, 0.2) is 0 Å². The standard InChI is InChI=1S/C17H33N3O/c1-4-8-13(2)19-17(21)14(3)20-12-6-5-10-16(20)15-9-7-11-18-15/h13-16,18H,4-12H2,1-3H3,(H,19,21). The summed E-state index contributed by atoms with van der Waals surface area (Å²) in [4.78, 5) is 15.0. The first kappa shape index (κ1) is 16.8. The van der Waals surface area contributed by atoms with Crippen molar-refractivity contribution in [2.24, 2.45) is 0 Å². The molecule has 21 heavy (non-hydrogen) atoms. The van der Waals surface area contributed by atoms with Crippen molar-refractivity contribution in [1.29, 1.82) is 0 Å². The van der Waals surface area contributed by atoms with Crippen LogP contribution in [0, 0.1) is 0 Å². The summed E-state index contributed by atoms with van der Waals surface area (Å²) in [5.74, 6) is 0.209. The summed E-state index contributed by atoms with van der Waals surface area (Å²) >= 11 is 0. The number of carbonyl (C=O) groups is 1. The molecule has 0 aromatic heterocycles. The smallest absolute Gasteiger partial charge is 0.237 e. The van der Waals surface area contributed by atoms with Gasteiger partial charge >= 0.3 is 0 Å². The monoisotopic (exact) mass is 295 g/mol. The predicted molar refractivity (Wildman–Crippen MR) is 87.3 cm³/mol. The summed E-state index contributed by atoms with van der Waals surface area (Å²) in [6.07, 6.45) is 8.50. The first-order valence-corrected chi connectivity index (χ1v) is 8.93. The van der Waals surface area contributed by atoms with E-state index in [1.807, 2.05) is 0 Å². The zero-order valence-corrected chi connectivity index (χ0v) is 14.0. The van der Waals surface area contributed by atoms with Gasteiger partial charge in [0.05, 0.1) is 6.04 Å². The molecule has 1 amide bonds. The van der Waals surface area contributed by atoms with E-state index in [9.17, 15) is 4.79 Å². The van der Waals surface area contributed by atoms with Crippen LogP contribution in [0.1, 0.15) is 65.7 Å². The third kappa shape index (κ3) is 4.43. The number of likely N-dealkylation sites (tertiary alicyclic amines) is 1. The Balaban J connectivity index is 1.94. The Labute approximate surface area is 130 Å². The number of rotatable bonds is 6. The van der Waals surface area contributed by atoms with Gasteiger partial charge in [0.25, 0.3) is 0 Å². The highest BCUT2D eigenvalue weighted by Crippen LogP contribution is 2.26. The van der Waals surface area contributed by atoms with E-state index in [1.165, 1.54) is 32.1 Å². The molecule has 2 heterocycles. The average molecular weight is 295 g/mol. The molecule has 2 aliphatic rings. The van der Waals surface area contributed by atoms with Gasteiger partial charge in [0.1, 0.15) is 0 Å². The Kier molecular flexibility index (Phi) is 6.49. The minimum atomic E-state index is -0.00277. The summed E-state index contributed by atoms with van der Waals surface area (Å²) in [5, 5.41) is 6.83. The molecule has 0 bridgehead atoms. The molecular weight excluding hydrogens is 262 g/mol. The molecule has 0 radical (unpaired) electrons. The number of carbonyl (C=O) groups excluding carboxylic acids is 1. The highest BCUT2D eigenvalue weighted by atomic mass is 16.2. The summed E-state index contributed by atoms with van der Waals surface area (Å²) in [6.45, 7) is 8.57. The van der Waals surface area contributed by atoms with Gasteiger partial charge in [-0.25, -0.2) is 0 Å². The third-order valence-electron chi connectivity index (χ3n) is 5.14. The van der Waals surface area contributed by atoms with Gasteiger partial charge in [-0.3, -0.25) is 9.69 Å². The fraction of sp³-hybridized carbons (Fsp3) is 0.941. The van der Waals surface area contributed by atoms with Gasteiger partial charge in [-0.05, 0) is 59.0 Å². The highest BCUT2D eigenvalue weighted by molar-refractivity contribution is 5.81. The van der Waals surface area contributed by atoms with E-state index in [2.05, 4.69) is 36.3 Å². The maximum Gasteiger partial charge on any atom is 0.237 e. The lowest BCUT2D eigenvalue weighted by atomic mass is 9.93. The van der Waals surface area contributed by atoms with Gasteiger partial charge in [-0.1, -0.05) is 19.8 Å². The molecule has 4 atom stereocenters. The maximum absolute atomic E-state index is 12.5. The summed E-state index contributed by atoms with van der Waals surface area (Å²) in [5.41, 5.74) is 0. The number of hydrogen-bond acceptors (Lipinski definition) is 3. The normalized spacial score (nSPS) is 30.0. The molecule has 4 unspecified atom stereocenters. The van der Waals surface area contributed by atoms with Gasteiger partial charge < -0.3 is 10.6 Å². The SMILES string of the molecule is CCCC(C)NC(=O)C(C)N1CCCCC1C1CCCN1. The van der Waals surface area contributed by atoms with Gasteiger partial charge in [0.2, 0.25) is 5.91 Å². The second-order valence-electron chi connectivity index (χ2n) is 6.88. The Morgan fingerprint density at radius 2 is 2.10 bits per heavy atom. The number of piperidine rings is 1. The van der Waals surface area contributed by atoms with Crippen molar-refractivity contribution in [3.8, 4) is 0 Å². The first-order valence-electron chi connectivity index (χ1n) is 8.93. The maximum atomic E-state index is 12.5. The van der Waals surface area contributed by atoms with E-state index >= 15 is 0 Å². The molecule has 4 heteroatoms. The molecule has 2 aliphatic heterocycles. The molecule has 2 saturated heterocycles. The van der Waals surface area contributed by atoms with Crippen molar-refractivity contribution < 1.29 is 4.79 Å². The van der Waals surface area contributed by atoms with Crippen LogP contribution >= 0.6 is 0 Å². The lowest BCUT2D eigenvalue weighted by Gasteiger charge is -2.42.